The lowest BCUT2D eigenvalue weighted by molar-refractivity contribution is -0.129. The molecule has 3 rings (SSSR count). The summed E-state index contributed by atoms with van der Waals surface area (Å²) >= 11 is 8.39. The van der Waals surface area contributed by atoms with Crippen LogP contribution in [-0.2, 0) is 9.53 Å². The van der Waals surface area contributed by atoms with Crippen LogP contribution >= 0.6 is 34.2 Å². The third-order valence-corrected chi connectivity index (χ3v) is 4.81. The predicted octanol–water partition coefficient (Wildman–Crippen LogP) is 5.48. The third kappa shape index (κ3) is 4.86. The number of halogens is 2. The van der Waals surface area contributed by atoms with Crippen LogP contribution in [0.2, 0.25) is 5.02 Å². The van der Waals surface area contributed by atoms with Crippen LogP contribution in [0, 0.1) is 3.57 Å². The summed E-state index contributed by atoms with van der Waals surface area (Å²) in [5.74, 6) is 0.984. The third-order valence-electron chi connectivity index (χ3n) is 3.81. The van der Waals surface area contributed by atoms with Crippen LogP contribution in [0.4, 0.5) is 0 Å². The van der Waals surface area contributed by atoms with Crippen LogP contribution in [0.5, 0.6) is 11.5 Å². The minimum atomic E-state index is -0.519. The quantitative estimate of drug-likeness (QED) is 0.281. The van der Waals surface area contributed by atoms with E-state index >= 15 is 0 Å². The Hall–Kier alpha value is -2.06. The van der Waals surface area contributed by atoms with Gasteiger partial charge in [0.25, 0.3) is 0 Å². The Morgan fingerprint density at radius 3 is 2.71 bits per heavy atom. The van der Waals surface area contributed by atoms with Crippen molar-refractivity contribution in [3.63, 3.8) is 0 Å². The van der Waals surface area contributed by atoms with Gasteiger partial charge in [-0.2, -0.15) is 0 Å². The van der Waals surface area contributed by atoms with E-state index in [9.17, 15) is 4.79 Å². The fourth-order valence-electron chi connectivity index (χ4n) is 2.56. The summed E-state index contributed by atoms with van der Waals surface area (Å²) in [4.78, 5) is 16.6. The van der Waals surface area contributed by atoms with Gasteiger partial charge in [0.2, 0.25) is 5.90 Å². The topological polar surface area (TPSA) is 57.1 Å². The zero-order chi connectivity index (χ0) is 20.1. The minimum Gasteiger partial charge on any atom is -0.490 e. The van der Waals surface area contributed by atoms with Crippen molar-refractivity contribution in [3.05, 3.63) is 61.8 Å². The first-order valence-electron chi connectivity index (χ1n) is 8.89. The summed E-state index contributed by atoms with van der Waals surface area (Å²) in [6.07, 6.45) is 2.56. The number of ether oxygens (including phenoxy) is 3. The minimum absolute atomic E-state index is 0.202. The number of benzene rings is 2. The molecule has 0 fully saturated rings. The van der Waals surface area contributed by atoms with Gasteiger partial charge in [0, 0.05) is 3.57 Å². The van der Waals surface area contributed by atoms with E-state index in [2.05, 4.69) is 27.6 Å². The first-order valence-corrected chi connectivity index (χ1v) is 10.3. The lowest BCUT2D eigenvalue weighted by Gasteiger charge is -2.12. The van der Waals surface area contributed by atoms with Gasteiger partial charge < -0.3 is 14.2 Å². The Morgan fingerprint density at radius 1 is 1.14 bits per heavy atom. The molecule has 0 atom stereocenters. The Labute approximate surface area is 182 Å². The Balaban J connectivity index is 1.92. The second-order valence-corrected chi connectivity index (χ2v) is 7.60. The highest BCUT2D eigenvalue weighted by molar-refractivity contribution is 14.1. The summed E-state index contributed by atoms with van der Waals surface area (Å²) in [6, 6.07) is 10.9. The smallest absolute Gasteiger partial charge is 0.363 e. The highest BCUT2D eigenvalue weighted by Crippen LogP contribution is 2.31. The lowest BCUT2D eigenvalue weighted by Crippen LogP contribution is -2.06. The molecule has 1 aliphatic rings. The molecule has 0 saturated carbocycles. The lowest BCUT2D eigenvalue weighted by atomic mass is 10.1. The molecule has 2 aromatic carbocycles. The fourth-order valence-corrected chi connectivity index (χ4v) is 3.25. The summed E-state index contributed by atoms with van der Waals surface area (Å²) in [6.45, 7) is 5.07. The largest absolute Gasteiger partial charge is 0.490 e. The monoisotopic (exact) mass is 511 g/mol. The molecule has 1 aliphatic heterocycles. The maximum absolute atomic E-state index is 12.3. The number of carbonyl (C=O) groups is 1. The molecule has 0 aliphatic carbocycles. The molecule has 2 aromatic rings. The van der Waals surface area contributed by atoms with Gasteiger partial charge in [-0.3, -0.25) is 0 Å². The Bertz CT molecular complexity index is 955. The number of hydrogen-bond acceptors (Lipinski definition) is 5. The number of cyclic esters (lactones) is 1. The second-order valence-electron chi connectivity index (χ2n) is 5.95. The first-order chi connectivity index (χ1) is 13.5. The maximum atomic E-state index is 12.3. The van der Waals surface area contributed by atoms with Crippen LogP contribution in [0.3, 0.4) is 0 Å². The normalized spacial score (nSPS) is 14.8. The zero-order valence-corrected chi connectivity index (χ0v) is 18.4. The highest BCUT2D eigenvalue weighted by atomic mass is 127. The molecule has 0 N–H and O–H groups in total. The van der Waals surface area contributed by atoms with Crippen LogP contribution < -0.4 is 9.47 Å². The number of esters is 1. The molecule has 7 heteroatoms. The first kappa shape index (κ1) is 20.7. The van der Waals surface area contributed by atoms with Crippen LogP contribution in [-0.4, -0.2) is 25.1 Å². The molecular weight excluding hydrogens is 493 g/mol. The van der Waals surface area contributed by atoms with Crippen molar-refractivity contribution >= 4 is 52.1 Å². The molecular formula is C21H19ClINO4. The van der Waals surface area contributed by atoms with Crippen LogP contribution in [0.1, 0.15) is 31.4 Å². The van der Waals surface area contributed by atoms with Crippen molar-refractivity contribution in [2.45, 2.75) is 20.3 Å². The highest BCUT2D eigenvalue weighted by Gasteiger charge is 2.26. The van der Waals surface area contributed by atoms with E-state index in [1.54, 1.807) is 12.1 Å². The van der Waals surface area contributed by atoms with Crippen molar-refractivity contribution in [1.29, 1.82) is 0 Å². The standard InChI is InChI=1S/C21H19ClINO4/c1-3-9-27-18-8-5-13(11-19(18)26-4-2)10-17-21(25)28-20(24-17)15-12-14(23)6-7-16(15)22/h5-8,10-12H,3-4,9H2,1-2H3/b17-10-. The van der Waals surface area contributed by atoms with Gasteiger partial charge in [-0.05, 0) is 77.9 Å². The number of hydrogen-bond donors (Lipinski definition) is 0. The number of aliphatic imine (C=N–C) groups is 1. The van der Waals surface area contributed by atoms with E-state index in [1.807, 2.05) is 44.2 Å². The van der Waals surface area contributed by atoms with Crippen molar-refractivity contribution < 1.29 is 19.0 Å². The maximum Gasteiger partial charge on any atom is 0.363 e. The number of carbonyl (C=O) groups excluding carboxylic acids is 1. The van der Waals surface area contributed by atoms with E-state index in [0.717, 1.165) is 15.6 Å². The van der Waals surface area contributed by atoms with E-state index in [0.29, 0.717) is 35.3 Å². The molecule has 0 unspecified atom stereocenters. The van der Waals surface area contributed by atoms with Crippen LogP contribution in [0.15, 0.2) is 47.1 Å². The number of nitrogens with zero attached hydrogens (tertiary/aromatic N) is 1. The van der Waals surface area contributed by atoms with Crippen molar-refractivity contribution in [2.24, 2.45) is 4.99 Å². The SMILES string of the molecule is CCCOc1ccc(/C=C2\N=C(c3cc(I)ccc3Cl)OC2=O)cc1OCC. The Kier molecular flexibility index (Phi) is 6.96. The molecule has 28 heavy (non-hydrogen) atoms. The summed E-state index contributed by atoms with van der Waals surface area (Å²) in [5, 5.41) is 0.476. The zero-order valence-electron chi connectivity index (χ0n) is 15.5. The average Bonchev–Trinajstić information content (AvgIpc) is 3.03. The van der Waals surface area contributed by atoms with E-state index < -0.39 is 5.97 Å². The molecule has 0 radical (unpaired) electrons. The van der Waals surface area contributed by atoms with Gasteiger partial charge in [-0.25, -0.2) is 9.79 Å². The molecule has 0 aromatic heterocycles. The van der Waals surface area contributed by atoms with Gasteiger partial charge in [-0.15, -0.1) is 0 Å². The second kappa shape index (κ2) is 9.43. The molecule has 0 saturated heterocycles. The summed E-state index contributed by atoms with van der Waals surface area (Å²) in [5.41, 5.74) is 1.55. The van der Waals surface area contributed by atoms with Gasteiger partial charge >= 0.3 is 5.97 Å². The molecule has 146 valence electrons. The van der Waals surface area contributed by atoms with Crippen molar-refractivity contribution in [2.75, 3.05) is 13.2 Å². The average molecular weight is 512 g/mol. The predicted molar refractivity (Wildman–Crippen MR) is 118 cm³/mol. The van der Waals surface area contributed by atoms with E-state index in [4.69, 9.17) is 25.8 Å². The van der Waals surface area contributed by atoms with Gasteiger partial charge in [-0.1, -0.05) is 24.6 Å². The van der Waals surface area contributed by atoms with Crippen molar-refractivity contribution in [1.82, 2.24) is 0 Å². The molecule has 5 nitrogen and oxygen atoms in total. The van der Waals surface area contributed by atoms with Gasteiger partial charge in [0.1, 0.15) is 0 Å². The molecule has 0 amide bonds. The summed E-state index contributed by atoms with van der Waals surface area (Å²) < 4.78 is 17.7. The van der Waals surface area contributed by atoms with Gasteiger partial charge in [0.15, 0.2) is 17.2 Å². The van der Waals surface area contributed by atoms with Crippen molar-refractivity contribution in [3.8, 4) is 11.5 Å². The Morgan fingerprint density at radius 2 is 1.96 bits per heavy atom. The van der Waals surface area contributed by atoms with E-state index in [1.165, 1.54) is 0 Å². The number of rotatable bonds is 7. The van der Waals surface area contributed by atoms with Crippen LogP contribution in [0.25, 0.3) is 6.08 Å². The molecule has 1 heterocycles. The molecule has 0 bridgehead atoms. The van der Waals surface area contributed by atoms with Gasteiger partial charge in [0.05, 0.1) is 23.8 Å². The van der Waals surface area contributed by atoms with E-state index in [-0.39, 0.29) is 11.6 Å². The molecule has 0 spiro atoms. The summed E-state index contributed by atoms with van der Waals surface area (Å²) in [7, 11) is 0. The fraction of sp³-hybridized carbons (Fsp3) is 0.238.